The molecule has 0 saturated carbocycles. The Labute approximate surface area is 220 Å². The van der Waals surface area contributed by atoms with Crippen LogP contribution in [0.15, 0.2) is 115 Å². The van der Waals surface area contributed by atoms with Crippen LogP contribution in [-0.2, 0) is 16.0 Å². The molecule has 184 valence electrons. The highest BCUT2D eigenvalue weighted by molar-refractivity contribution is 6.30. The molecule has 0 fully saturated rings. The second-order valence-electron chi connectivity index (χ2n) is 8.17. The van der Waals surface area contributed by atoms with Gasteiger partial charge in [0.05, 0.1) is 6.42 Å². The van der Waals surface area contributed by atoms with Crippen molar-refractivity contribution in [3.63, 3.8) is 0 Å². The summed E-state index contributed by atoms with van der Waals surface area (Å²) in [5.74, 6) is -1.04. The molecule has 0 aliphatic rings. The Morgan fingerprint density at radius 1 is 0.676 bits per heavy atom. The van der Waals surface area contributed by atoms with Gasteiger partial charge >= 0.3 is 0 Å². The average Bonchev–Trinajstić information content (AvgIpc) is 2.91. The third kappa shape index (κ3) is 7.65. The Balaban J connectivity index is 1.45. The Bertz CT molecular complexity index is 1400. The van der Waals surface area contributed by atoms with Crippen molar-refractivity contribution >= 4 is 46.8 Å². The third-order valence-corrected chi connectivity index (χ3v) is 5.60. The Hall–Kier alpha value is -4.68. The van der Waals surface area contributed by atoms with Gasteiger partial charge in [-0.05, 0) is 65.7 Å². The molecule has 0 spiro atoms. The molecule has 3 N–H and O–H groups in total. The molecule has 4 rings (SSSR count). The average molecular weight is 510 g/mol. The van der Waals surface area contributed by atoms with Crippen molar-refractivity contribution in [1.82, 2.24) is 5.32 Å². The molecule has 0 atom stereocenters. The molecule has 0 heterocycles. The topological polar surface area (TPSA) is 87.3 Å². The lowest BCUT2D eigenvalue weighted by atomic mass is 10.1. The van der Waals surface area contributed by atoms with Crippen molar-refractivity contribution in [2.45, 2.75) is 6.42 Å². The zero-order chi connectivity index (χ0) is 26.0. The molecule has 0 aromatic heterocycles. The van der Waals surface area contributed by atoms with Gasteiger partial charge < -0.3 is 16.0 Å². The number of para-hydroxylation sites is 1. The molecule has 7 heteroatoms. The van der Waals surface area contributed by atoms with Crippen LogP contribution < -0.4 is 16.0 Å². The van der Waals surface area contributed by atoms with Crippen LogP contribution in [0.1, 0.15) is 21.5 Å². The predicted molar refractivity (Wildman–Crippen MR) is 147 cm³/mol. The monoisotopic (exact) mass is 509 g/mol. The van der Waals surface area contributed by atoms with Crippen LogP contribution in [0.2, 0.25) is 5.02 Å². The Kier molecular flexibility index (Phi) is 8.47. The van der Waals surface area contributed by atoms with E-state index >= 15 is 0 Å². The van der Waals surface area contributed by atoms with Crippen LogP contribution in [-0.4, -0.2) is 17.7 Å². The van der Waals surface area contributed by atoms with Crippen LogP contribution in [0.5, 0.6) is 0 Å². The van der Waals surface area contributed by atoms with Gasteiger partial charge in [0.15, 0.2) is 0 Å². The van der Waals surface area contributed by atoms with Gasteiger partial charge in [0.1, 0.15) is 5.70 Å². The molecule has 6 nitrogen and oxygen atoms in total. The van der Waals surface area contributed by atoms with Crippen molar-refractivity contribution in [3.8, 4) is 0 Å². The van der Waals surface area contributed by atoms with E-state index < -0.39 is 11.8 Å². The lowest BCUT2D eigenvalue weighted by Gasteiger charge is -2.12. The Morgan fingerprint density at radius 2 is 1.27 bits per heavy atom. The van der Waals surface area contributed by atoms with Gasteiger partial charge in [0.2, 0.25) is 5.91 Å². The number of halogens is 1. The molecule has 0 saturated heterocycles. The summed E-state index contributed by atoms with van der Waals surface area (Å²) in [6.07, 6.45) is 1.77. The highest BCUT2D eigenvalue weighted by Crippen LogP contribution is 2.16. The third-order valence-electron chi connectivity index (χ3n) is 5.34. The lowest BCUT2D eigenvalue weighted by molar-refractivity contribution is -0.115. The number of hydrogen-bond acceptors (Lipinski definition) is 3. The molecule has 3 amide bonds. The smallest absolute Gasteiger partial charge is 0.272 e. The number of anilines is 2. The Morgan fingerprint density at radius 3 is 1.92 bits per heavy atom. The maximum absolute atomic E-state index is 13.1. The van der Waals surface area contributed by atoms with E-state index in [1.54, 1.807) is 78.9 Å². The van der Waals surface area contributed by atoms with Crippen LogP contribution in [0, 0.1) is 0 Å². The number of carbonyl (C=O) groups is 3. The fourth-order valence-corrected chi connectivity index (χ4v) is 3.61. The lowest BCUT2D eigenvalue weighted by Crippen LogP contribution is -2.30. The number of carbonyl (C=O) groups excluding carboxylic acids is 3. The standard InChI is InChI=1S/C30H24ClN3O3/c31-24-15-11-21(12-16-24)19-27(34-29(36)23-7-3-1-4-8-23)30(37)33-26-17-13-22(14-18-26)20-28(35)32-25-9-5-2-6-10-25/h1-19H,20H2,(H,32,35)(H,33,37)(H,34,36)/b27-19+. The minimum Gasteiger partial charge on any atom is -0.326 e. The fourth-order valence-electron chi connectivity index (χ4n) is 3.48. The molecule has 0 aliphatic heterocycles. The van der Waals surface area contributed by atoms with Gasteiger partial charge in [-0.3, -0.25) is 14.4 Å². The number of amides is 3. The van der Waals surface area contributed by atoms with E-state index in [9.17, 15) is 14.4 Å². The number of benzene rings is 4. The van der Waals surface area contributed by atoms with E-state index in [0.717, 1.165) is 11.3 Å². The van der Waals surface area contributed by atoms with Crippen molar-refractivity contribution in [2.24, 2.45) is 0 Å². The van der Waals surface area contributed by atoms with Crippen molar-refractivity contribution < 1.29 is 14.4 Å². The van der Waals surface area contributed by atoms with Gasteiger partial charge in [-0.25, -0.2) is 0 Å². The minimum atomic E-state index is -0.492. The zero-order valence-corrected chi connectivity index (χ0v) is 20.5. The van der Waals surface area contributed by atoms with Crippen molar-refractivity contribution in [1.29, 1.82) is 0 Å². The van der Waals surface area contributed by atoms with E-state index in [4.69, 9.17) is 11.6 Å². The summed E-state index contributed by atoms with van der Waals surface area (Å²) < 4.78 is 0. The van der Waals surface area contributed by atoms with Gasteiger partial charge in [-0.15, -0.1) is 0 Å². The molecule has 0 radical (unpaired) electrons. The molecule has 37 heavy (non-hydrogen) atoms. The van der Waals surface area contributed by atoms with Crippen LogP contribution in [0.4, 0.5) is 11.4 Å². The fraction of sp³-hybridized carbons (Fsp3) is 0.0333. The van der Waals surface area contributed by atoms with E-state index in [-0.39, 0.29) is 18.0 Å². The first kappa shape index (κ1) is 25.4. The normalized spacial score (nSPS) is 10.9. The molecule has 4 aromatic rings. The summed E-state index contributed by atoms with van der Waals surface area (Å²) in [5, 5.41) is 8.91. The second-order valence-corrected chi connectivity index (χ2v) is 8.61. The summed E-state index contributed by atoms with van der Waals surface area (Å²) in [4.78, 5) is 38.2. The first-order chi connectivity index (χ1) is 18.0. The zero-order valence-electron chi connectivity index (χ0n) is 19.8. The number of rotatable bonds is 8. The molecule has 4 aromatic carbocycles. The van der Waals surface area contributed by atoms with Crippen molar-refractivity contribution in [2.75, 3.05) is 10.6 Å². The number of nitrogens with one attached hydrogen (secondary N) is 3. The van der Waals surface area contributed by atoms with E-state index in [2.05, 4.69) is 16.0 Å². The number of hydrogen-bond donors (Lipinski definition) is 3. The quantitative estimate of drug-likeness (QED) is 0.257. The SMILES string of the molecule is O=C(Cc1ccc(NC(=O)/C(=C\c2ccc(Cl)cc2)NC(=O)c2ccccc2)cc1)Nc1ccccc1. The van der Waals surface area contributed by atoms with Gasteiger partial charge in [-0.1, -0.05) is 72.3 Å². The molecular weight excluding hydrogens is 486 g/mol. The summed E-state index contributed by atoms with van der Waals surface area (Å²) in [5.41, 5.74) is 3.24. The second kappa shape index (κ2) is 12.3. The summed E-state index contributed by atoms with van der Waals surface area (Å²) in [7, 11) is 0. The van der Waals surface area contributed by atoms with E-state index in [0.29, 0.717) is 21.8 Å². The first-order valence-corrected chi connectivity index (χ1v) is 11.9. The van der Waals surface area contributed by atoms with E-state index in [1.165, 1.54) is 0 Å². The molecule has 0 bridgehead atoms. The van der Waals surface area contributed by atoms with Gasteiger partial charge in [0.25, 0.3) is 11.8 Å². The van der Waals surface area contributed by atoms with Crippen LogP contribution in [0.3, 0.4) is 0 Å². The summed E-state index contributed by atoms with van der Waals surface area (Å²) in [6, 6.07) is 31.7. The maximum Gasteiger partial charge on any atom is 0.272 e. The van der Waals surface area contributed by atoms with Gasteiger partial charge in [-0.2, -0.15) is 0 Å². The van der Waals surface area contributed by atoms with Crippen molar-refractivity contribution in [3.05, 3.63) is 137 Å². The predicted octanol–water partition coefficient (Wildman–Crippen LogP) is 5.93. The van der Waals surface area contributed by atoms with E-state index in [1.807, 2.05) is 36.4 Å². The molecule has 0 aliphatic carbocycles. The highest BCUT2D eigenvalue weighted by atomic mass is 35.5. The summed E-state index contributed by atoms with van der Waals surface area (Å²) >= 11 is 5.97. The maximum atomic E-state index is 13.1. The van der Waals surface area contributed by atoms with Gasteiger partial charge in [0, 0.05) is 22.0 Å². The first-order valence-electron chi connectivity index (χ1n) is 11.5. The molecular formula is C30H24ClN3O3. The summed E-state index contributed by atoms with van der Waals surface area (Å²) in [6.45, 7) is 0. The molecule has 0 unspecified atom stereocenters. The minimum absolute atomic E-state index is 0.0718. The van der Waals surface area contributed by atoms with Crippen LogP contribution >= 0.6 is 11.6 Å². The van der Waals surface area contributed by atoms with Crippen LogP contribution in [0.25, 0.3) is 6.08 Å². The highest BCUT2D eigenvalue weighted by Gasteiger charge is 2.15. The largest absolute Gasteiger partial charge is 0.326 e.